The van der Waals surface area contributed by atoms with Gasteiger partial charge in [-0.2, -0.15) is 5.26 Å². The van der Waals surface area contributed by atoms with Crippen LogP contribution in [0.1, 0.15) is 44.1 Å². The molecule has 0 radical (unpaired) electrons. The van der Waals surface area contributed by atoms with Crippen LogP contribution in [-0.2, 0) is 5.41 Å². The number of nitrogens with zero attached hydrogens (tertiary/aromatic N) is 2. The summed E-state index contributed by atoms with van der Waals surface area (Å²) in [6, 6.07) is 13.2. The first-order valence-electron chi connectivity index (χ1n) is 7.80. The monoisotopic (exact) mass is 350 g/mol. The third-order valence-electron chi connectivity index (χ3n) is 4.74. The fraction of sp³-hybridized carbons (Fsp3) is 0.611. The summed E-state index contributed by atoms with van der Waals surface area (Å²) < 4.78 is 0. The predicted molar refractivity (Wildman–Crippen MR) is 93.8 cm³/mol. The molecule has 3 heteroatoms. The normalized spacial score (nSPS) is 18.6. The van der Waals surface area contributed by atoms with Crippen LogP contribution < -0.4 is 0 Å². The van der Waals surface area contributed by atoms with Crippen molar-refractivity contribution in [2.45, 2.75) is 43.9 Å². The molecule has 0 N–H and O–H groups in total. The molecule has 2 rings (SSSR count). The van der Waals surface area contributed by atoms with E-state index in [1.54, 1.807) is 0 Å². The molecule has 1 atom stereocenters. The number of hydrogen-bond donors (Lipinski definition) is 0. The van der Waals surface area contributed by atoms with Crippen molar-refractivity contribution < 1.29 is 0 Å². The summed E-state index contributed by atoms with van der Waals surface area (Å²) in [5.74, 6) is 0.517. The van der Waals surface area contributed by atoms with E-state index in [0.717, 1.165) is 13.0 Å². The molecular formula is C18H27BrN2. The van der Waals surface area contributed by atoms with Crippen molar-refractivity contribution in [2.24, 2.45) is 5.92 Å². The maximum atomic E-state index is 10.0. The van der Waals surface area contributed by atoms with Crippen LogP contribution in [0.2, 0.25) is 0 Å². The largest absolute Gasteiger partial charge is 0.309 e. The average Bonchev–Trinajstić information content (AvgIpc) is 2.50. The first-order valence-corrected chi connectivity index (χ1v) is 7.80. The van der Waals surface area contributed by atoms with Crippen LogP contribution in [0.5, 0.6) is 0 Å². The summed E-state index contributed by atoms with van der Waals surface area (Å²) in [5, 5.41) is 10.0. The predicted octanol–water partition coefficient (Wildman–Crippen LogP) is 4.56. The van der Waals surface area contributed by atoms with E-state index in [0.29, 0.717) is 5.92 Å². The first-order chi connectivity index (χ1) is 9.69. The summed E-state index contributed by atoms with van der Waals surface area (Å²) in [6.45, 7) is 0.971. The minimum atomic E-state index is -0.300. The summed E-state index contributed by atoms with van der Waals surface area (Å²) in [5.41, 5.74) is 0.919. The van der Waals surface area contributed by atoms with Gasteiger partial charge in [-0.3, -0.25) is 0 Å². The first kappa shape index (κ1) is 18.2. The van der Waals surface area contributed by atoms with Gasteiger partial charge < -0.3 is 4.90 Å². The van der Waals surface area contributed by atoms with Crippen LogP contribution >= 0.6 is 17.0 Å². The second-order valence-electron chi connectivity index (χ2n) is 6.34. The molecule has 0 aliphatic heterocycles. The Morgan fingerprint density at radius 3 is 2.29 bits per heavy atom. The molecule has 0 heterocycles. The quantitative estimate of drug-likeness (QED) is 0.778. The number of nitriles is 1. The number of rotatable bonds is 5. The van der Waals surface area contributed by atoms with Crippen molar-refractivity contribution in [3.05, 3.63) is 35.9 Å². The molecule has 0 aromatic heterocycles. The van der Waals surface area contributed by atoms with Gasteiger partial charge in [0.05, 0.1) is 11.5 Å². The summed E-state index contributed by atoms with van der Waals surface area (Å²) in [4.78, 5) is 2.19. The molecule has 0 spiro atoms. The van der Waals surface area contributed by atoms with Crippen LogP contribution in [0.25, 0.3) is 0 Å². The lowest BCUT2D eigenvalue weighted by atomic mass is 9.64. The Morgan fingerprint density at radius 2 is 1.76 bits per heavy atom. The smallest absolute Gasteiger partial charge is 0.0862 e. The summed E-state index contributed by atoms with van der Waals surface area (Å²) in [6.07, 6.45) is 7.24. The number of halogens is 1. The van der Waals surface area contributed by atoms with E-state index < -0.39 is 0 Å². The summed E-state index contributed by atoms with van der Waals surface area (Å²) in [7, 11) is 4.18. The summed E-state index contributed by atoms with van der Waals surface area (Å²) >= 11 is 0. The molecule has 1 aromatic rings. The Bertz CT molecular complexity index is 446. The Morgan fingerprint density at radius 1 is 1.14 bits per heavy atom. The highest BCUT2D eigenvalue weighted by Gasteiger charge is 2.40. The molecule has 0 amide bonds. The van der Waals surface area contributed by atoms with Gasteiger partial charge in [-0.25, -0.2) is 0 Å². The van der Waals surface area contributed by atoms with Gasteiger partial charge in [0.2, 0.25) is 0 Å². The molecule has 0 saturated heterocycles. The van der Waals surface area contributed by atoms with E-state index in [-0.39, 0.29) is 22.4 Å². The van der Waals surface area contributed by atoms with Crippen molar-refractivity contribution in [3.63, 3.8) is 0 Å². The van der Waals surface area contributed by atoms with Gasteiger partial charge in [0.1, 0.15) is 0 Å². The van der Waals surface area contributed by atoms with Crippen LogP contribution in [0.3, 0.4) is 0 Å². The fourth-order valence-corrected chi connectivity index (χ4v) is 3.53. The molecule has 1 aliphatic rings. The van der Waals surface area contributed by atoms with Crippen molar-refractivity contribution in [1.29, 1.82) is 5.26 Å². The van der Waals surface area contributed by atoms with Gasteiger partial charge in [0.15, 0.2) is 0 Å². The third kappa shape index (κ3) is 4.31. The van der Waals surface area contributed by atoms with Crippen LogP contribution in [0.15, 0.2) is 30.3 Å². The molecule has 2 nitrogen and oxygen atoms in total. The topological polar surface area (TPSA) is 27.0 Å². The van der Waals surface area contributed by atoms with Gasteiger partial charge in [0.25, 0.3) is 0 Å². The van der Waals surface area contributed by atoms with Crippen molar-refractivity contribution in [2.75, 3.05) is 20.6 Å². The Hall–Kier alpha value is -0.850. The number of hydrogen-bond acceptors (Lipinski definition) is 2. The molecule has 1 aliphatic carbocycles. The molecule has 1 unspecified atom stereocenters. The van der Waals surface area contributed by atoms with E-state index in [1.807, 2.05) is 6.07 Å². The zero-order valence-corrected chi connectivity index (χ0v) is 14.9. The third-order valence-corrected chi connectivity index (χ3v) is 4.74. The van der Waals surface area contributed by atoms with E-state index in [4.69, 9.17) is 0 Å². The van der Waals surface area contributed by atoms with Crippen LogP contribution in [0, 0.1) is 17.2 Å². The molecule has 21 heavy (non-hydrogen) atoms. The second kappa shape index (κ2) is 8.56. The van der Waals surface area contributed by atoms with Gasteiger partial charge in [-0.15, -0.1) is 17.0 Å². The van der Waals surface area contributed by atoms with E-state index in [2.05, 4.69) is 49.3 Å². The fourth-order valence-electron chi connectivity index (χ4n) is 3.53. The minimum Gasteiger partial charge on any atom is -0.309 e. The maximum Gasteiger partial charge on any atom is 0.0862 e. The highest BCUT2D eigenvalue weighted by Crippen LogP contribution is 2.43. The zero-order valence-electron chi connectivity index (χ0n) is 13.2. The SMILES string of the molecule is Br.CN(C)CCC(C#N)(c1ccccc1)C1CCCCC1. The zero-order chi connectivity index (χ0) is 14.4. The van der Waals surface area contributed by atoms with Crippen molar-refractivity contribution >= 4 is 17.0 Å². The maximum absolute atomic E-state index is 10.0. The molecule has 116 valence electrons. The average molecular weight is 351 g/mol. The van der Waals surface area contributed by atoms with Crippen molar-refractivity contribution in [3.8, 4) is 6.07 Å². The molecule has 1 aromatic carbocycles. The van der Waals surface area contributed by atoms with Gasteiger partial charge in [-0.1, -0.05) is 49.6 Å². The van der Waals surface area contributed by atoms with E-state index >= 15 is 0 Å². The standard InChI is InChI=1S/C18H26N2.BrH/c1-20(2)14-13-18(15-19,16-9-5-3-6-10-16)17-11-7-4-8-12-17;/h3,5-6,9-10,17H,4,7-8,11-14H2,1-2H3;1H. The van der Waals surface area contributed by atoms with Crippen LogP contribution in [-0.4, -0.2) is 25.5 Å². The van der Waals surface area contributed by atoms with Gasteiger partial charge in [0, 0.05) is 0 Å². The second-order valence-corrected chi connectivity index (χ2v) is 6.34. The molecular weight excluding hydrogens is 324 g/mol. The Labute approximate surface area is 139 Å². The number of benzene rings is 1. The van der Waals surface area contributed by atoms with Crippen LogP contribution in [0.4, 0.5) is 0 Å². The van der Waals surface area contributed by atoms with E-state index in [1.165, 1.54) is 37.7 Å². The Balaban J connectivity index is 0.00000220. The van der Waals surface area contributed by atoms with Crippen molar-refractivity contribution in [1.82, 2.24) is 4.90 Å². The molecule has 1 fully saturated rings. The highest BCUT2D eigenvalue weighted by molar-refractivity contribution is 8.93. The molecule has 0 bridgehead atoms. The lowest BCUT2D eigenvalue weighted by Crippen LogP contribution is -2.38. The van der Waals surface area contributed by atoms with E-state index in [9.17, 15) is 5.26 Å². The Kier molecular flexibility index (Phi) is 7.42. The lowest BCUT2D eigenvalue weighted by Gasteiger charge is -2.38. The minimum absolute atomic E-state index is 0. The molecule has 1 saturated carbocycles. The van der Waals surface area contributed by atoms with Gasteiger partial charge >= 0.3 is 0 Å². The highest BCUT2D eigenvalue weighted by atomic mass is 79.9. The van der Waals surface area contributed by atoms with Gasteiger partial charge in [-0.05, 0) is 51.4 Å². The lowest BCUT2D eigenvalue weighted by molar-refractivity contribution is 0.220.